The molecule has 0 fully saturated rings. The largest absolute Gasteiger partial charge is 0.497 e. The quantitative estimate of drug-likeness (QED) is 0.718. The van der Waals surface area contributed by atoms with Crippen LogP contribution in [0.1, 0.15) is 11.4 Å². The predicted octanol–water partition coefficient (Wildman–Crippen LogP) is 0.173. The Balaban J connectivity index is 2.23. The summed E-state index contributed by atoms with van der Waals surface area (Å²) in [6.45, 7) is 0. The molecule has 1 aromatic heterocycles. The lowest BCUT2D eigenvalue weighted by atomic mass is 10.1. The minimum atomic E-state index is 0.206. The van der Waals surface area contributed by atoms with Crippen molar-refractivity contribution < 1.29 is 4.74 Å². The van der Waals surface area contributed by atoms with Crippen LogP contribution in [-0.4, -0.2) is 22.0 Å². The van der Waals surface area contributed by atoms with E-state index in [0.717, 1.165) is 11.3 Å². The van der Waals surface area contributed by atoms with Crippen LogP contribution in [0.5, 0.6) is 5.75 Å². The molecule has 0 unspecified atom stereocenters. The van der Waals surface area contributed by atoms with Gasteiger partial charge in [0.05, 0.1) is 7.11 Å². The summed E-state index contributed by atoms with van der Waals surface area (Å²) in [5.41, 5.74) is 6.53. The number of hydrogen-bond acceptors (Lipinski definition) is 5. The van der Waals surface area contributed by atoms with Gasteiger partial charge in [-0.1, -0.05) is 12.1 Å². The first kappa shape index (κ1) is 10.3. The van der Waals surface area contributed by atoms with Gasteiger partial charge in [-0.15, -0.1) is 10.2 Å². The highest BCUT2D eigenvalue weighted by Crippen LogP contribution is 2.15. The van der Waals surface area contributed by atoms with Crippen LogP contribution in [0.15, 0.2) is 24.3 Å². The molecule has 0 atom stereocenters. The molecule has 0 spiro atoms. The van der Waals surface area contributed by atoms with E-state index >= 15 is 0 Å². The van der Waals surface area contributed by atoms with E-state index in [1.54, 1.807) is 7.11 Å². The molecule has 16 heavy (non-hydrogen) atoms. The van der Waals surface area contributed by atoms with Crippen molar-refractivity contribution in [3.8, 4) is 5.75 Å². The molecule has 2 rings (SSSR count). The second kappa shape index (κ2) is 4.09. The van der Waals surface area contributed by atoms with Crippen molar-refractivity contribution in [2.75, 3.05) is 18.7 Å². The van der Waals surface area contributed by atoms with Crippen molar-refractivity contribution in [3.05, 3.63) is 35.7 Å². The molecule has 0 radical (unpaired) electrons. The van der Waals surface area contributed by atoms with Gasteiger partial charge in [0.1, 0.15) is 5.75 Å². The van der Waals surface area contributed by atoms with Crippen molar-refractivity contribution in [1.29, 1.82) is 0 Å². The number of methoxy groups -OCH3 is 1. The van der Waals surface area contributed by atoms with Crippen LogP contribution < -0.4 is 16.3 Å². The maximum Gasteiger partial charge on any atom is 0.240 e. The predicted molar refractivity (Wildman–Crippen MR) is 60.4 cm³/mol. The van der Waals surface area contributed by atoms with Gasteiger partial charge in [0.2, 0.25) is 5.95 Å². The maximum absolute atomic E-state index is 5.66. The summed E-state index contributed by atoms with van der Waals surface area (Å²) < 4.78 is 6.41. The zero-order valence-electron chi connectivity index (χ0n) is 8.92. The molecule has 84 valence electrons. The van der Waals surface area contributed by atoms with E-state index < -0.39 is 0 Å². The Hall–Kier alpha value is -2.24. The summed E-state index contributed by atoms with van der Waals surface area (Å²) in [4.78, 5) is 0. The molecule has 0 saturated heterocycles. The lowest BCUT2D eigenvalue weighted by molar-refractivity contribution is 0.414. The molecule has 1 heterocycles. The van der Waals surface area contributed by atoms with Gasteiger partial charge in [-0.3, -0.25) is 0 Å². The average molecular weight is 219 g/mol. The first-order chi connectivity index (χ1) is 7.70. The van der Waals surface area contributed by atoms with Crippen molar-refractivity contribution >= 4 is 5.95 Å². The molecule has 1 aromatic carbocycles. The lowest BCUT2D eigenvalue weighted by Crippen LogP contribution is -2.15. The zero-order chi connectivity index (χ0) is 11.5. The molecule has 2 aromatic rings. The highest BCUT2D eigenvalue weighted by atomic mass is 16.5. The van der Waals surface area contributed by atoms with Crippen LogP contribution in [0.25, 0.3) is 0 Å². The molecule has 0 aliphatic heterocycles. The van der Waals surface area contributed by atoms with Crippen molar-refractivity contribution in [1.82, 2.24) is 14.9 Å². The Labute approximate surface area is 92.8 Å². The molecule has 0 bridgehead atoms. The number of ether oxygens (including phenoxy) is 1. The van der Waals surface area contributed by atoms with Crippen molar-refractivity contribution in [3.63, 3.8) is 0 Å². The standard InChI is InChI=1S/C10H13N5O/c1-16-8-4-2-3-7(5-8)6-9-13-14-10(11)15(9)12/h2-5H,6,12H2,1H3,(H2,11,14). The van der Waals surface area contributed by atoms with Crippen LogP contribution in [0.4, 0.5) is 5.95 Å². The molecule has 0 aliphatic rings. The first-order valence-electron chi connectivity index (χ1n) is 4.78. The Morgan fingerprint density at radius 1 is 1.38 bits per heavy atom. The fourth-order valence-electron chi connectivity index (χ4n) is 1.42. The van der Waals surface area contributed by atoms with E-state index in [9.17, 15) is 0 Å². The van der Waals surface area contributed by atoms with Crippen LogP contribution in [0, 0.1) is 0 Å². The van der Waals surface area contributed by atoms with Gasteiger partial charge in [0.25, 0.3) is 0 Å². The number of nitrogens with two attached hydrogens (primary N) is 2. The molecule has 4 N–H and O–H groups in total. The van der Waals surface area contributed by atoms with E-state index in [-0.39, 0.29) is 5.95 Å². The second-order valence-corrected chi connectivity index (χ2v) is 3.37. The van der Waals surface area contributed by atoms with Crippen molar-refractivity contribution in [2.24, 2.45) is 0 Å². The molecular weight excluding hydrogens is 206 g/mol. The third-order valence-corrected chi connectivity index (χ3v) is 2.29. The van der Waals surface area contributed by atoms with Crippen LogP contribution in [0.3, 0.4) is 0 Å². The van der Waals surface area contributed by atoms with Gasteiger partial charge in [0.15, 0.2) is 5.82 Å². The van der Waals surface area contributed by atoms with Crippen LogP contribution in [0.2, 0.25) is 0 Å². The fourth-order valence-corrected chi connectivity index (χ4v) is 1.42. The summed E-state index contributed by atoms with van der Waals surface area (Å²) in [6.07, 6.45) is 0.567. The van der Waals surface area contributed by atoms with E-state index in [1.807, 2.05) is 24.3 Å². The van der Waals surface area contributed by atoms with Gasteiger partial charge >= 0.3 is 0 Å². The smallest absolute Gasteiger partial charge is 0.240 e. The number of benzene rings is 1. The fraction of sp³-hybridized carbons (Fsp3) is 0.200. The van der Waals surface area contributed by atoms with E-state index in [0.29, 0.717) is 12.2 Å². The third-order valence-electron chi connectivity index (χ3n) is 2.29. The summed E-state index contributed by atoms with van der Waals surface area (Å²) in [5, 5.41) is 7.58. The van der Waals surface area contributed by atoms with E-state index in [2.05, 4.69) is 10.2 Å². The normalized spacial score (nSPS) is 10.3. The first-order valence-corrected chi connectivity index (χ1v) is 4.78. The van der Waals surface area contributed by atoms with Gasteiger partial charge in [-0.25, -0.2) is 4.68 Å². The van der Waals surface area contributed by atoms with Gasteiger partial charge in [-0.05, 0) is 17.7 Å². The highest BCUT2D eigenvalue weighted by molar-refractivity contribution is 5.31. The van der Waals surface area contributed by atoms with E-state index in [1.165, 1.54) is 4.68 Å². The SMILES string of the molecule is COc1cccc(Cc2nnc(N)n2N)c1. The maximum atomic E-state index is 5.66. The summed E-state index contributed by atoms with van der Waals surface area (Å²) >= 11 is 0. The van der Waals surface area contributed by atoms with Crippen molar-refractivity contribution in [2.45, 2.75) is 6.42 Å². The Bertz CT molecular complexity index is 494. The molecule has 6 nitrogen and oxygen atoms in total. The summed E-state index contributed by atoms with van der Waals surface area (Å²) in [5.74, 6) is 7.28. The average Bonchev–Trinajstić information content (AvgIpc) is 2.61. The van der Waals surface area contributed by atoms with Gasteiger partial charge in [0, 0.05) is 6.42 Å². The third kappa shape index (κ3) is 1.90. The number of nitrogen functional groups attached to an aromatic ring is 2. The van der Waals surface area contributed by atoms with Crippen LogP contribution in [-0.2, 0) is 6.42 Å². The molecule has 6 heteroatoms. The molecular formula is C10H13N5O. The number of anilines is 1. The second-order valence-electron chi connectivity index (χ2n) is 3.37. The topological polar surface area (TPSA) is 92.0 Å². The molecule has 0 amide bonds. The molecule has 0 saturated carbocycles. The van der Waals surface area contributed by atoms with Gasteiger partial charge in [-0.2, -0.15) is 0 Å². The summed E-state index contributed by atoms with van der Waals surface area (Å²) in [7, 11) is 1.63. The molecule has 0 aliphatic carbocycles. The zero-order valence-corrected chi connectivity index (χ0v) is 8.92. The Morgan fingerprint density at radius 2 is 2.19 bits per heavy atom. The van der Waals surface area contributed by atoms with Crippen LogP contribution >= 0.6 is 0 Å². The monoisotopic (exact) mass is 219 g/mol. The minimum Gasteiger partial charge on any atom is -0.497 e. The summed E-state index contributed by atoms with van der Waals surface area (Å²) in [6, 6.07) is 7.68. The lowest BCUT2D eigenvalue weighted by Gasteiger charge is -2.04. The highest BCUT2D eigenvalue weighted by Gasteiger charge is 2.07. The Morgan fingerprint density at radius 3 is 2.81 bits per heavy atom. The number of aromatic nitrogens is 3. The van der Waals surface area contributed by atoms with Gasteiger partial charge < -0.3 is 16.3 Å². The number of hydrogen-bond donors (Lipinski definition) is 2. The number of nitrogens with zero attached hydrogens (tertiary/aromatic N) is 3. The minimum absolute atomic E-state index is 0.206. The number of rotatable bonds is 3. The Kier molecular flexibility index (Phi) is 2.63. The van der Waals surface area contributed by atoms with E-state index in [4.69, 9.17) is 16.3 Å².